The van der Waals surface area contributed by atoms with E-state index >= 15 is 0 Å². The molecule has 16 heavy (non-hydrogen) atoms. The number of aromatic nitrogens is 2. The molecule has 4 heteroatoms. The van der Waals surface area contributed by atoms with E-state index in [0.29, 0.717) is 6.04 Å². The molecule has 1 saturated heterocycles. The molecule has 1 aliphatic heterocycles. The van der Waals surface area contributed by atoms with E-state index in [1.165, 1.54) is 19.4 Å². The molecule has 2 rings (SSSR count). The van der Waals surface area contributed by atoms with Gasteiger partial charge in [0.2, 0.25) is 0 Å². The topological polar surface area (TPSA) is 41.0 Å². The van der Waals surface area contributed by atoms with Gasteiger partial charge in [-0.15, -0.1) is 0 Å². The molecule has 4 nitrogen and oxygen atoms in total. The number of nitrogens with one attached hydrogen (secondary N) is 1. The number of rotatable bonds is 5. The first-order chi connectivity index (χ1) is 7.88. The highest BCUT2D eigenvalue weighted by atomic mass is 15.2. The molecule has 0 radical (unpaired) electrons. The van der Waals surface area contributed by atoms with Gasteiger partial charge in [-0.1, -0.05) is 6.92 Å². The molecule has 0 spiro atoms. The summed E-state index contributed by atoms with van der Waals surface area (Å²) in [6.45, 7) is 6.61. The lowest BCUT2D eigenvalue weighted by Crippen LogP contribution is -2.32. The molecule has 1 fully saturated rings. The van der Waals surface area contributed by atoms with Crippen LogP contribution in [0.4, 0.5) is 0 Å². The van der Waals surface area contributed by atoms with Gasteiger partial charge in [0.05, 0.1) is 5.69 Å². The van der Waals surface area contributed by atoms with E-state index in [2.05, 4.69) is 27.1 Å². The predicted octanol–water partition coefficient (Wildman–Crippen LogP) is 1.05. The monoisotopic (exact) mass is 220 g/mol. The van der Waals surface area contributed by atoms with E-state index in [0.717, 1.165) is 25.3 Å². The fraction of sp³-hybridized carbons (Fsp3) is 0.667. The third-order valence-electron chi connectivity index (χ3n) is 2.98. The average molecular weight is 220 g/mol. The van der Waals surface area contributed by atoms with Crippen LogP contribution in [0.2, 0.25) is 0 Å². The zero-order valence-electron chi connectivity index (χ0n) is 9.89. The van der Waals surface area contributed by atoms with Crippen LogP contribution in [-0.4, -0.2) is 40.5 Å². The Labute approximate surface area is 97.1 Å². The molecule has 0 saturated carbocycles. The summed E-state index contributed by atoms with van der Waals surface area (Å²) in [4.78, 5) is 10.6. The Bertz CT molecular complexity index is 301. The highest BCUT2D eigenvalue weighted by Crippen LogP contribution is 2.11. The highest BCUT2D eigenvalue weighted by Gasteiger charge is 2.21. The Kier molecular flexibility index (Phi) is 4.25. The first-order valence-corrected chi connectivity index (χ1v) is 6.09. The minimum Gasteiger partial charge on any atom is -0.313 e. The van der Waals surface area contributed by atoms with Gasteiger partial charge in [-0.05, 0) is 25.5 Å². The summed E-state index contributed by atoms with van der Waals surface area (Å²) in [7, 11) is 0. The SMILES string of the molecule is CCCNC1CCN(Cc2ccncn2)C1. The van der Waals surface area contributed by atoms with Gasteiger partial charge >= 0.3 is 0 Å². The first-order valence-electron chi connectivity index (χ1n) is 6.09. The minimum absolute atomic E-state index is 0.668. The lowest BCUT2D eigenvalue weighted by molar-refractivity contribution is 0.316. The van der Waals surface area contributed by atoms with Gasteiger partial charge in [0.1, 0.15) is 6.33 Å². The summed E-state index contributed by atoms with van der Waals surface area (Å²) in [6.07, 6.45) is 5.90. The maximum atomic E-state index is 4.26. The quantitative estimate of drug-likeness (QED) is 0.805. The van der Waals surface area contributed by atoms with Crippen LogP contribution in [0.5, 0.6) is 0 Å². The summed E-state index contributed by atoms with van der Waals surface area (Å²) in [5, 5.41) is 3.57. The maximum absolute atomic E-state index is 4.26. The normalized spacial score (nSPS) is 21.4. The second-order valence-corrected chi connectivity index (χ2v) is 4.38. The van der Waals surface area contributed by atoms with Crippen molar-refractivity contribution in [3.05, 3.63) is 24.3 Å². The van der Waals surface area contributed by atoms with Crippen molar-refractivity contribution in [3.8, 4) is 0 Å². The van der Waals surface area contributed by atoms with Crippen molar-refractivity contribution >= 4 is 0 Å². The van der Waals surface area contributed by atoms with Gasteiger partial charge in [0.15, 0.2) is 0 Å². The Hall–Kier alpha value is -1.00. The van der Waals surface area contributed by atoms with Crippen molar-refractivity contribution < 1.29 is 0 Å². The fourth-order valence-corrected chi connectivity index (χ4v) is 2.13. The molecular weight excluding hydrogens is 200 g/mol. The average Bonchev–Trinajstić information content (AvgIpc) is 2.75. The molecular formula is C12H20N4. The van der Waals surface area contributed by atoms with Gasteiger partial charge in [-0.3, -0.25) is 4.90 Å². The Balaban J connectivity index is 1.76. The van der Waals surface area contributed by atoms with E-state index in [1.807, 2.05) is 12.3 Å². The fourth-order valence-electron chi connectivity index (χ4n) is 2.13. The van der Waals surface area contributed by atoms with Crippen molar-refractivity contribution in [1.82, 2.24) is 20.2 Å². The number of nitrogens with zero attached hydrogens (tertiary/aromatic N) is 3. The molecule has 0 aliphatic carbocycles. The van der Waals surface area contributed by atoms with Crippen LogP contribution < -0.4 is 5.32 Å². The summed E-state index contributed by atoms with van der Waals surface area (Å²) < 4.78 is 0. The lowest BCUT2D eigenvalue weighted by atomic mass is 10.2. The molecule has 0 aromatic carbocycles. The van der Waals surface area contributed by atoms with Crippen LogP contribution in [0.1, 0.15) is 25.5 Å². The molecule has 88 valence electrons. The van der Waals surface area contributed by atoms with Crippen molar-refractivity contribution in [1.29, 1.82) is 0 Å². The number of likely N-dealkylation sites (tertiary alicyclic amines) is 1. The largest absolute Gasteiger partial charge is 0.313 e. The predicted molar refractivity (Wildman–Crippen MR) is 64.0 cm³/mol. The Morgan fingerprint density at radius 2 is 2.50 bits per heavy atom. The van der Waals surface area contributed by atoms with E-state index in [4.69, 9.17) is 0 Å². The molecule has 0 amide bonds. The summed E-state index contributed by atoms with van der Waals surface area (Å²) in [6, 6.07) is 2.66. The number of hydrogen-bond acceptors (Lipinski definition) is 4. The standard InChI is InChI=1S/C12H20N4/c1-2-5-14-12-4-7-16(9-12)8-11-3-6-13-10-15-11/h3,6,10,12,14H,2,4-5,7-9H2,1H3. The zero-order chi connectivity index (χ0) is 11.2. The van der Waals surface area contributed by atoms with Gasteiger partial charge in [-0.25, -0.2) is 9.97 Å². The van der Waals surface area contributed by atoms with Crippen LogP contribution in [-0.2, 0) is 6.54 Å². The van der Waals surface area contributed by atoms with Crippen LogP contribution in [0, 0.1) is 0 Å². The van der Waals surface area contributed by atoms with E-state index in [9.17, 15) is 0 Å². The first kappa shape index (κ1) is 11.5. The molecule has 1 aliphatic rings. The lowest BCUT2D eigenvalue weighted by Gasteiger charge is -2.15. The zero-order valence-corrected chi connectivity index (χ0v) is 9.89. The van der Waals surface area contributed by atoms with Crippen LogP contribution >= 0.6 is 0 Å². The molecule has 1 N–H and O–H groups in total. The molecule has 2 heterocycles. The summed E-state index contributed by atoms with van der Waals surface area (Å²) >= 11 is 0. The highest BCUT2D eigenvalue weighted by molar-refractivity contribution is 4.98. The molecule has 0 bridgehead atoms. The van der Waals surface area contributed by atoms with Crippen molar-refractivity contribution in [2.24, 2.45) is 0 Å². The summed E-state index contributed by atoms with van der Waals surface area (Å²) in [5.74, 6) is 0. The van der Waals surface area contributed by atoms with Gasteiger partial charge in [-0.2, -0.15) is 0 Å². The van der Waals surface area contributed by atoms with E-state index < -0.39 is 0 Å². The van der Waals surface area contributed by atoms with E-state index in [1.54, 1.807) is 6.33 Å². The van der Waals surface area contributed by atoms with Gasteiger partial charge in [0.25, 0.3) is 0 Å². The van der Waals surface area contributed by atoms with Crippen LogP contribution in [0.25, 0.3) is 0 Å². The Morgan fingerprint density at radius 3 is 3.25 bits per heavy atom. The second-order valence-electron chi connectivity index (χ2n) is 4.38. The van der Waals surface area contributed by atoms with Crippen molar-refractivity contribution in [3.63, 3.8) is 0 Å². The smallest absolute Gasteiger partial charge is 0.115 e. The van der Waals surface area contributed by atoms with Crippen molar-refractivity contribution in [2.75, 3.05) is 19.6 Å². The van der Waals surface area contributed by atoms with E-state index in [-0.39, 0.29) is 0 Å². The summed E-state index contributed by atoms with van der Waals surface area (Å²) in [5.41, 5.74) is 1.12. The van der Waals surface area contributed by atoms with Crippen molar-refractivity contribution in [2.45, 2.75) is 32.4 Å². The minimum atomic E-state index is 0.668. The third kappa shape index (κ3) is 3.25. The van der Waals surface area contributed by atoms with Gasteiger partial charge in [0, 0.05) is 31.9 Å². The molecule has 1 aromatic rings. The number of hydrogen-bond donors (Lipinski definition) is 1. The van der Waals surface area contributed by atoms with Crippen LogP contribution in [0.15, 0.2) is 18.6 Å². The molecule has 1 atom stereocenters. The van der Waals surface area contributed by atoms with Crippen LogP contribution in [0.3, 0.4) is 0 Å². The van der Waals surface area contributed by atoms with Gasteiger partial charge < -0.3 is 5.32 Å². The second kappa shape index (κ2) is 5.92. The molecule has 1 unspecified atom stereocenters. The third-order valence-corrected chi connectivity index (χ3v) is 2.98. The maximum Gasteiger partial charge on any atom is 0.115 e. The Morgan fingerprint density at radius 1 is 1.56 bits per heavy atom. The molecule has 1 aromatic heterocycles.